The van der Waals surface area contributed by atoms with Crippen molar-refractivity contribution in [3.63, 3.8) is 0 Å². The largest absolute Gasteiger partial charge is 0.478 e. The summed E-state index contributed by atoms with van der Waals surface area (Å²) in [7, 11) is 0. The maximum absolute atomic E-state index is 10.7. The number of alkyl halides is 1. The number of aliphatic carboxylic acids is 1. The van der Waals surface area contributed by atoms with Crippen LogP contribution in [0.25, 0.3) is 0 Å². The highest BCUT2D eigenvalue weighted by Gasteiger charge is 2.48. The Labute approximate surface area is 76.2 Å². The van der Waals surface area contributed by atoms with E-state index in [0.29, 0.717) is 5.57 Å². The lowest BCUT2D eigenvalue weighted by Crippen LogP contribution is -2.24. The Morgan fingerprint density at radius 2 is 2.50 bits per heavy atom. The van der Waals surface area contributed by atoms with Crippen LogP contribution >= 0.6 is 11.6 Å². The first kappa shape index (κ1) is 8.11. The molecule has 0 aromatic heterocycles. The highest BCUT2D eigenvalue weighted by atomic mass is 35.5. The number of hydrogen-bond donors (Lipinski definition) is 1. The summed E-state index contributed by atoms with van der Waals surface area (Å²) in [6.07, 6.45) is 3.59. The number of carboxylic acid groups (broad SMARTS) is 1. The van der Waals surface area contributed by atoms with Crippen LogP contribution in [-0.2, 0) is 4.79 Å². The average Bonchev–Trinajstić information content (AvgIpc) is 2.40. The molecule has 0 spiro atoms. The molecule has 1 fully saturated rings. The van der Waals surface area contributed by atoms with E-state index in [2.05, 4.69) is 0 Å². The molecule has 66 valence electrons. The van der Waals surface area contributed by atoms with Gasteiger partial charge < -0.3 is 5.11 Å². The van der Waals surface area contributed by atoms with Crippen LogP contribution in [0.15, 0.2) is 11.6 Å². The molecule has 1 N–H and O–H groups in total. The fourth-order valence-electron chi connectivity index (χ4n) is 2.35. The number of hydrogen-bond acceptors (Lipinski definition) is 1. The van der Waals surface area contributed by atoms with Crippen LogP contribution in [0.4, 0.5) is 0 Å². The van der Waals surface area contributed by atoms with Gasteiger partial charge in [-0.15, -0.1) is 11.6 Å². The minimum absolute atomic E-state index is 0.191. The zero-order chi connectivity index (χ0) is 8.93. The summed E-state index contributed by atoms with van der Waals surface area (Å²) < 4.78 is 0. The third-order valence-corrected chi connectivity index (χ3v) is 3.46. The van der Waals surface area contributed by atoms with Gasteiger partial charge in [-0.3, -0.25) is 0 Å². The van der Waals surface area contributed by atoms with E-state index in [4.69, 9.17) is 16.7 Å². The molecule has 1 saturated carbocycles. The van der Waals surface area contributed by atoms with E-state index in [-0.39, 0.29) is 16.7 Å². The molecule has 2 rings (SSSR count). The van der Waals surface area contributed by atoms with Gasteiger partial charge in [0.05, 0.1) is 0 Å². The third-order valence-electron chi connectivity index (χ3n) is 3.02. The molecule has 0 aromatic rings. The highest BCUT2D eigenvalue weighted by Crippen LogP contribution is 2.52. The molecule has 2 nitrogen and oxygen atoms in total. The molecular weight excluding hydrogens is 176 g/mol. The van der Waals surface area contributed by atoms with E-state index < -0.39 is 5.97 Å². The quantitative estimate of drug-likeness (QED) is 0.637. The maximum atomic E-state index is 10.7. The van der Waals surface area contributed by atoms with Crippen LogP contribution in [0, 0.1) is 11.8 Å². The molecule has 0 aromatic carbocycles. The Balaban J connectivity index is 2.28. The summed E-state index contributed by atoms with van der Waals surface area (Å²) in [5, 5.41) is 8.79. The maximum Gasteiger partial charge on any atom is 0.331 e. The summed E-state index contributed by atoms with van der Waals surface area (Å²) in [5.41, 5.74) is 0.582. The molecular formula is C9H11ClO2. The van der Waals surface area contributed by atoms with E-state index >= 15 is 0 Å². The lowest BCUT2D eigenvalue weighted by atomic mass is 9.90. The van der Waals surface area contributed by atoms with Gasteiger partial charge >= 0.3 is 5.97 Å². The van der Waals surface area contributed by atoms with Crippen molar-refractivity contribution in [1.82, 2.24) is 0 Å². The number of carbonyl (C=O) groups is 1. The Hall–Kier alpha value is -0.500. The lowest BCUT2D eigenvalue weighted by Gasteiger charge is -2.24. The van der Waals surface area contributed by atoms with E-state index in [1.54, 1.807) is 0 Å². The first-order valence-corrected chi connectivity index (χ1v) is 4.52. The number of allylic oxidation sites excluding steroid dienone is 1. The van der Waals surface area contributed by atoms with Crippen molar-refractivity contribution in [1.29, 1.82) is 0 Å². The molecule has 0 aliphatic heterocycles. The van der Waals surface area contributed by atoms with Crippen LogP contribution in [0.2, 0.25) is 0 Å². The van der Waals surface area contributed by atoms with E-state index in [0.717, 1.165) is 12.8 Å². The molecule has 2 bridgehead atoms. The Morgan fingerprint density at radius 1 is 1.83 bits per heavy atom. The standard InChI is InChI=1S/C9H11ClO2/c1-9(10)4-5-2-6(9)3-7(5)8(11)12/h3,5-6H,2,4H2,1H3,(H,11,12). The summed E-state index contributed by atoms with van der Waals surface area (Å²) in [4.78, 5) is 10.5. The molecule has 0 heterocycles. The molecule has 3 atom stereocenters. The van der Waals surface area contributed by atoms with Crippen LogP contribution in [0.1, 0.15) is 19.8 Å². The third kappa shape index (κ3) is 0.977. The Kier molecular flexibility index (Phi) is 1.52. The van der Waals surface area contributed by atoms with Gasteiger partial charge in [-0.05, 0) is 31.6 Å². The van der Waals surface area contributed by atoms with Crippen molar-refractivity contribution in [2.45, 2.75) is 24.6 Å². The van der Waals surface area contributed by atoms with Crippen LogP contribution in [0.5, 0.6) is 0 Å². The molecule has 2 aliphatic rings. The monoisotopic (exact) mass is 186 g/mol. The number of rotatable bonds is 1. The first-order chi connectivity index (χ1) is 5.50. The second-order valence-corrected chi connectivity index (χ2v) is 4.81. The molecule has 2 aliphatic carbocycles. The molecule has 3 unspecified atom stereocenters. The topological polar surface area (TPSA) is 37.3 Å². The number of fused-ring (bicyclic) bond motifs is 2. The zero-order valence-corrected chi connectivity index (χ0v) is 7.64. The fourth-order valence-corrected chi connectivity index (χ4v) is 2.68. The Bertz CT molecular complexity index is 268. The van der Waals surface area contributed by atoms with Gasteiger partial charge in [-0.2, -0.15) is 0 Å². The second kappa shape index (κ2) is 2.25. The Morgan fingerprint density at radius 3 is 2.83 bits per heavy atom. The molecule has 12 heavy (non-hydrogen) atoms. The second-order valence-electron chi connectivity index (χ2n) is 3.95. The van der Waals surface area contributed by atoms with Crippen LogP contribution < -0.4 is 0 Å². The summed E-state index contributed by atoms with van der Waals surface area (Å²) in [6, 6.07) is 0. The van der Waals surface area contributed by atoms with E-state index in [1.807, 2.05) is 13.0 Å². The van der Waals surface area contributed by atoms with E-state index in [9.17, 15) is 4.79 Å². The van der Waals surface area contributed by atoms with Crippen molar-refractivity contribution in [2.24, 2.45) is 11.8 Å². The lowest BCUT2D eigenvalue weighted by molar-refractivity contribution is -0.133. The predicted molar refractivity (Wildman–Crippen MR) is 46.2 cm³/mol. The summed E-state index contributed by atoms with van der Waals surface area (Å²) in [5.74, 6) is -0.292. The normalized spacial score (nSPS) is 44.7. The highest BCUT2D eigenvalue weighted by molar-refractivity contribution is 6.24. The SMILES string of the molecule is CC1(Cl)CC2CC1C=C2C(=O)O. The molecule has 0 saturated heterocycles. The summed E-state index contributed by atoms with van der Waals surface area (Å²) in [6.45, 7) is 1.99. The first-order valence-electron chi connectivity index (χ1n) is 4.14. The predicted octanol–water partition coefficient (Wildman–Crippen LogP) is 2.03. The van der Waals surface area contributed by atoms with E-state index in [1.165, 1.54) is 0 Å². The van der Waals surface area contributed by atoms with Gasteiger partial charge in [0.2, 0.25) is 0 Å². The van der Waals surface area contributed by atoms with Gasteiger partial charge in [0.25, 0.3) is 0 Å². The number of carboxylic acids is 1. The zero-order valence-electron chi connectivity index (χ0n) is 6.88. The molecule has 3 heteroatoms. The van der Waals surface area contributed by atoms with Crippen molar-refractivity contribution in [3.8, 4) is 0 Å². The summed E-state index contributed by atoms with van der Waals surface area (Å²) >= 11 is 6.20. The fraction of sp³-hybridized carbons (Fsp3) is 0.667. The van der Waals surface area contributed by atoms with Gasteiger partial charge in [-0.25, -0.2) is 4.79 Å². The molecule has 0 radical (unpaired) electrons. The van der Waals surface area contributed by atoms with Crippen molar-refractivity contribution in [3.05, 3.63) is 11.6 Å². The van der Waals surface area contributed by atoms with Gasteiger partial charge in [0.1, 0.15) is 0 Å². The smallest absolute Gasteiger partial charge is 0.331 e. The van der Waals surface area contributed by atoms with Crippen molar-refractivity contribution >= 4 is 17.6 Å². The van der Waals surface area contributed by atoms with Gasteiger partial charge in [0.15, 0.2) is 0 Å². The average molecular weight is 187 g/mol. The minimum Gasteiger partial charge on any atom is -0.478 e. The van der Waals surface area contributed by atoms with Crippen molar-refractivity contribution < 1.29 is 9.90 Å². The number of halogens is 1. The van der Waals surface area contributed by atoms with Gasteiger partial charge in [-0.1, -0.05) is 6.08 Å². The molecule has 0 amide bonds. The van der Waals surface area contributed by atoms with Gasteiger partial charge in [0, 0.05) is 10.4 Å². The minimum atomic E-state index is -0.769. The van der Waals surface area contributed by atoms with Crippen LogP contribution in [0.3, 0.4) is 0 Å². The van der Waals surface area contributed by atoms with Crippen molar-refractivity contribution in [2.75, 3.05) is 0 Å². The van der Waals surface area contributed by atoms with Crippen LogP contribution in [-0.4, -0.2) is 16.0 Å².